The van der Waals surface area contributed by atoms with Crippen LogP contribution < -0.4 is 10.2 Å². The molecular weight excluding hydrogens is 274 g/mol. The van der Waals surface area contributed by atoms with Crippen LogP contribution >= 0.6 is 0 Å². The Labute approximate surface area is 131 Å². The fourth-order valence-electron chi connectivity index (χ4n) is 2.84. The topological polar surface area (TPSA) is 45.2 Å². The summed E-state index contributed by atoms with van der Waals surface area (Å²) in [6.07, 6.45) is 3.68. The molecule has 0 unspecified atom stereocenters. The fraction of sp³-hybridized carbons (Fsp3) is 0.333. The first-order valence-corrected chi connectivity index (χ1v) is 7.70. The fourth-order valence-corrected chi connectivity index (χ4v) is 2.84. The molecule has 3 rings (SSSR count). The van der Waals surface area contributed by atoms with Crippen molar-refractivity contribution >= 4 is 17.4 Å². The highest BCUT2D eigenvalue weighted by Gasteiger charge is 2.31. The minimum atomic E-state index is -0.120. The number of pyridine rings is 1. The molecule has 0 aliphatic carbocycles. The third-order valence-electron chi connectivity index (χ3n) is 4.08. The Morgan fingerprint density at radius 1 is 1.14 bits per heavy atom. The smallest absolute Gasteiger partial charge is 0.248 e. The number of nitrogens with zero attached hydrogens (tertiary/aromatic N) is 2. The second kappa shape index (κ2) is 6.18. The third kappa shape index (κ3) is 3.11. The molecule has 1 amide bonds. The van der Waals surface area contributed by atoms with Crippen LogP contribution in [0.15, 0.2) is 42.6 Å². The Morgan fingerprint density at radius 2 is 1.86 bits per heavy atom. The molecule has 1 aliphatic heterocycles. The second-order valence-corrected chi connectivity index (χ2v) is 5.90. The monoisotopic (exact) mass is 295 g/mol. The molecule has 0 spiro atoms. The summed E-state index contributed by atoms with van der Waals surface area (Å²) in [5.41, 5.74) is 3.42. The van der Waals surface area contributed by atoms with E-state index in [1.165, 1.54) is 5.56 Å². The number of carbonyl (C=O) groups excluding carboxylic acids is 1. The number of rotatable bonds is 3. The van der Waals surface area contributed by atoms with Gasteiger partial charge < -0.3 is 10.2 Å². The molecule has 4 heteroatoms. The van der Waals surface area contributed by atoms with Gasteiger partial charge in [0.15, 0.2) is 0 Å². The number of amides is 1. The summed E-state index contributed by atoms with van der Waals surface area (Å²) >= 11 is 0. The molecule has 0 bridgehead atoms. The van der Waals surface area contributed by atoms with Crippen LogP contribution in [0, 0.1) is 13.8 Å². The van der Waals surface area contributed by atoms with Crippen LogP contribution in [0.25, 0.3) is 0 Å². The first-order chi connectivity index (χ1) is 10.6. The Balaban J connectivity index is 1.73. The van der Waals surface area contributed by atoms with E-state index in [1.54, 1.807) is 6.20 Å². The zero-order chi connectivity index (χ0) is 15.5. The van der Waals surface area contributed by atoms with Gasteiger partial charge in [-0.05, 0) is 50.5 Å². The first kappa shape index (κ1) is 14.6. The zero-order valence-electron chi connectivity index (χ0n) is 13.0. The van der Waals surface area contributed by atoms with Crippen LogP contribution in [0.5, 0.6) is 0 Å². The predicted octanol–water partition coefficient (Wildman–Crippen LogP) is 3.31. The number of hydrogen-bond donors (Lipinski definition) is 1. The van der Waals surface area contributed by atoms with E-state index in [9.17, 15) is 4.79 Å². The number of carbonyl (C=O) groups is 1. The summed E-state index contributed by atoms with van der Waals surface area (Å²) in [4.78, 5) is 19.0. The van der Waals surface area contributed by atoms with E-state index in [-0.39, 0.29) is 11.9 Å². The van der Waals surface area contributed by atoms with Gasteiger partial charge in [-0.25, -0.2) is 4.98 Å². The van der Waals surface area contributed by atoms with Crippen molar-refractivity contribution in [1.29, 1.82) is 0 Å². The Morgan fingerprint density at radius 3 is 2.55 bits per heavy atom. The zero-order valence-corrected chi connectivity index (χ0v) is 13.0. The van der Waals surface area contributed by atoms with E-state index in [0.717, 1.165) is 30.6 Å². The molecule has 114 valence electrons. The van der Waals surface area contributed by atoms with Crippen molar-refractivity contribution in [2.24, 2.45) is 0 Å². The normalized spacial score (nSPS) is 17.5. The lowest BCUT2D eigenvalue weighted by Crippen LogP contribution is -2.39. The van der Waals surface area contributed by atoms with Gasteiger partial charge in [-0.1, -0.05) is 23.8 Å². The van der Waals surface area contributed by atoms with Crippen LogP contribution in [0.2, 0.25) is 0 Å². The van der Waals surface area contributed by atoms with Crippen molar-refractivity contribution in [2.45, 2.75) is 32.7 Å². The van der Waals surface area contributed by atoms with Crippen LogP contribution in [0.1, 0.15) is 24.0 Å². The SMILES string of the molecule is Cc1ccc(N2CCC[C@@H]2C(=O)Nc2ccc(C)cn2)cc1. The standard InChI is InChI=1S/C18H21N3O/c1-13-5-8-15(9-6-13)21-11-3-4-16(21)18(22)20-17-10-7-14(2)12-19-17/h5-10,12,16H,3-4,11H2,1-2H3,(H,19,20,22)/t16-/m1/s1. The van der Waals surface area contributed by atoms with Gasteiger partial charge in [0.2, 0.25) is 5.91 Å². The van der Waals surface area contributed by atoms with Crippen molar-refractivity contribution in [3.63, 3.8) is 0 Å². The van der Waals surface area contributed by atoms with Crippen LogP contribution in [0.3, 0.4) is 0 Å². The molecule has 1 fully saturated rings. The van der Waals surface area contributed by atoms with Gasteiger partial charge in [0.05, 0.1) is 0 Å². The number of anilines is 2. The summed E-state index contributed by atoms with van der Waals surface area (Å²) in [5, 5.41) is 2.93. The molecule has 1 aromatic carbocycles. The lowest BCUT2D eigenvalue weighted by molar-refractivity contribution is -0.117. The molecular formula is C18H21N3O. The van der Waals surface area contributed by atoms with Gasteiger partial charge >= 0.3 is 0 Å². The highest BCUT2D eigenvalue weighted by atomic mass is 16.2. The highest BCUT2D eigenvalue weighted by Crippen LogP contribution is 2.26. The lowest BCUT2D eigenvalue weighted by Gasteiger charge is -2.26. The van der Waals surface area contributed by atoms with Crippen molar-refractivity contribution < 1.29 is 4.79 Å². The molecule has 22 heavy (non-hydrogen) atoms. The van der Waals surface area contributed by atoms with E-state index in [2.05, 4.69) is 46.4 Å². The Hall–Kier alpha value is -2.36. The quantitative estimate of drug-likeness (QED) is 0.945. The van der Waals surface area contributed by atoms with E-state index < -0.39 is 0 Å². The van der Waals surface area contributed by atoms with E-state index in [4.69, 9.17) is 0 Å². The highest BCUT2D eigenvalue weighted by molar-refractivity contribution is 5.96. The third-order valence-corrected chi connectivity index (χ3v) is 4.08. The van der Waals surface area contributed by atoms with Crippen molar-refractivity contribution in [2.75, 3.05) is 16.8 Å². The maximum Gasteiger partial charge on any atom is 0.248 e. The van der Waals surface area contributed by atoms with Crippen LogP contribution in [-0.4, -0.2) is 23.5 Å². The van der Waals surface area contributed by atoms with E-state index in [1.807, 2.05) is 19.1 Å². The van der Waals surface area contributed by atoms with Crippen LogP contribution in [-0.2, 0) is 4.79 Å². The van der Waals surface area contributed by atoms with Gasteiger partial charge in [0.1, 0.15) is 11.9 Å². The van der Waals surface area contributed by atoms with Gasteiger partial charge in [-0.15, -0.1) is 0 Å². The maximum atomic E-state index is 12.6. The van der Waals surface area contributed by atoms with Gasteiger partial charge in [-0.3, -0.25) is 4.79 Å². The molecule has 2 aromatic rings. The molecule has 4 nitrogen and oxygen atoms in total. The van der Waals surface area contributed by atoms with E-state index >= 15 is 0 Å². The van der Waals surface area contributed by atoms with Crippen LogP contribution in [0.4, 0.5) is 11.5 Å². The van der Waals surface area contributed by atoms with Gasteiger partial charge in [0, 0.05) is 18.4 Å². The largest absolute Gasteiger partial charge is 0.360 e. The van der Waals surface area contributed by atoms with Crippen molar-refractivity contribution in [3.8, 4) is 0 Å². The molecule has 0 radical (unpaired) electrons. The summed E-state index contributed by atoms with van der Waals surface area (Å²) in [7, 11) is 0. The molecule has 2 heterocycles. The van der Waals surface area contributed by atoms with Gasteiger partial charge in [-0.2, -0.15) is 0 Å². The summed E-state index contributed by atoms with van der Waals surface area (Å²) in [6, 6.07) is 12.0. The van der Waals surface area contributed by atoms with Crippen molar-refractivity contribution in [1.82, 2.24) is 4.98 Å². The molecule has 1 saturated heterocycles. The predicted molar refractivity (Wildman–Crippen MR) is 89.2 cm³/mol. The molecule has 0 saturated carbocycles. The molecule has 1 N–H and O–H groups in total. The Kier molecular flexibility index (Phi) is 4.09. The maximum absolute atomic E-state index is 12.6. The first-order valence-electron chi connectivity index (χ1n) is 7.70. The molecule has 1 atom stereocenters. The van der Waals surface area contributed by atoms with Crippen molar-refractivity contribution in [3.05, 3.63) is 53.7 Å². The minimum absolute atomic E-state index is 0.0226. The average Bonchev–Trinajstić information content (AvgIpc) is 3.00. The second-order valence-electron chi connectivity index (χ2n) is 5.90. The summed E-state index contributed by atoms with van der Waals surface area (Å²) in [5.74, 6) is 0.640. The number of nitrogens with one attached hydrogen (secondary N) is 1. The van der Waals surface area contributed by atoms with E-state index in [0.29, 0.717) is 5.82 Å². The average molecular weight is 295 g/mol. The minimum Gasteiger partial charge on any atom is -0.360 e. The number of aryl methyl sites for hydroxylation is 2. The Bertz CT molecular complexity index is 649. The summed E-state index contributed by atoms with van der Waals surface area (Å²) in [6.45, 7) is 4.97. The van der Waals surface area contributed by atoms with Gasteiger partial charge in [0.25, 0.3) is 0 Å². The summed E-state index contributed by atoms with van der Waals surface area (Å²) < 4.78 is 0. The number of hydrogen-bond acceptors (Lipinski definition) is 3. The number of benzene rings is 1. The lowest BCUT2D eigenvalue weighted by atomic mass is 10.1. The number of aromatic nitrogens is 1. The molecule has 1 aromatic heterocycles. The molecule has 1 aliphatic rings.